The minimum atomic E-state index is 0.234. The fraction of sp³-hybridized carbons (Fsp3) is 0.0833. The maximum atomic E-state index is 10.1. The van der Waals surface area contributed by atoms with E-state index >= 15 is 0 Å². The van der Waals surface area contributed by atoms with Crippen LogP contribution in [0.5, 0.6) is 17.2 Å². The van der Waals surface area contributed by atoms with E-state index in [9.17, 15) is 10.2 Å². The minimum Gasteiger partial charge on any atom is -0.508 e. The van der Waals surface area contributed by atoms with Crippen molar-refractivity contribution in [3.63, 3.8) is 0 Å². The van der Waals surface area contributed by atoms with Gasteiger partial charge in [-0.3, -0.25) is 0 Å². The van der Waals surface area contributed by atoms with Gasteiger partial charge in [-0.15, -0.1) is 0 Å². The Labute approximate surface area is 157 Å². The van der Waals surface area contributed by atoms with Crippen LogP contribution in [0.2, 0.25) is 0 Å². The highest BCUT2D eigenvalue weighted by atomic mass is 16.5. The van der Waals surface area contributed by atoms with Gasteiger partial charge in [0.15, 0.2) is 0 Å². The monoisotopic (exact) mass is 354 g/mol. The van der Waals surface area contributed by atoms with Crippen LogP contribution in [0.15, 0.2) is 66.7 Å². The number of hydrogen-bond donors (Lipinski definition) is 2. The van der Waals surface area contributed by atoms with Gasteiger partial charge < -0.3 is 14.9 Å². The van der Waals surface area contributed by atoms with Crippen molar-refractivity contribution in [2.45, 2.75) is 13.5 Å². The summed E-state index contributed by atoms with van der Waals surface area (Å²) < 4.78 is 6.19. The second kappa shape index (κ2) is 5.78. The van der Waals surface area contributed by atoms with Crippen LogP contribution in [-0.4, -0.2) is 10.2 Å². The summed E-state index contributed by atoms with van der Waals surface area (Å²) in [5, 5.41) is 21.9. The maximum Gasteiger partial charge on any atom is 0.136 e. The van der Waals surface area contributed by atoms with Crippen LogP contribution in [0.3, 0.4) is 0 Å². The van der Waals surface area contributed by atoms with E-state index in [0.717, 1.165) is 44.3 Å². The molecule has 0 saturated heterocycles. The van der Waals surface area contributed by atoms with E-state index in [-0.39, 0.29) is 11.5 Å². The summed E-state index contributed by atoms with van der Waals surface area (Å²) in [5.41, 5.74) is 6.25. The highest BCUT2D eigenvalue weighted by molar-refractivity contribution is 6.05. The Balaban J connectivity index is 1.90. The number of hydrogen-bond acceptors (Lipinski definition) is 3. The van der Waals surface area contributed by atoms with Crippen LogP contribution in [0.4, 0.5) is 0 Å². The van der Waals surface area contributed by atoms with Crippen molar-refractivity contribution in [3.05, 3.63) is 77.9 Å². The third kappa shape index (κ3) is 2.51. The van der Waals surface area contributed by atoms with Crippen molar-refractivity contribution in [2.24, 2.45) is 0 Å². The number of phenolic OH excluding ortho intramolecular Hbond substituents is 2. The van der Waals surface area contributed by atoms with E-state index < -0.39 is 0 Å². The van der Waals surface area contributed by atoms with Crippen molar-refractivity contribution >= 4 is 10.8 Å². The zero-order chi connectivity index (χ0) is 18.5. The summed E-state index contributed by atoms with van der Waals surface area (Å²) in [5.74, 6) is 1.29. The van der Waals surface area contributed by atoms with Gasteiger partial charge in [0, 0.05) is 16.7 Å². The molecule has 0 atom stereocenters. The van der Waals surface area contributed by atoms with Crippen LogP contribution in [-0.2, 0) is 6.61 Å². The van der Waals surface area contributed by atoms with E-state index in [2.05, 4.69) is 31.2 Å². The highest BCUT2D eigenvalue weighted by Crippen LogP contribution is 2.48. The van der Waals surface area contributed by atoms with Gasteiger partial charge in [-0.1, -0.05) is 42.0 Å². The Bertz CT molecular complexity index is 1210. The minimum absolute atomic E-state index is 0.234. The first kappa shape index (κ1) is 15.8. The topological polar surface area (TPSA) is 49.7 Å². The predicted octanol–water partition coefficient (Wildman–Crippen LogP) is 5.79. The largest absolute Gasteiger partial charge is 0.508 e. The number of aryl methyl sites for hydroxylation is 1. The number of phenols is 2. The standard InChI is InChI=1S/C24H18O3/c1-14-3-2-4-16(9-14)23-21-12-19(26)6-5-15(21)11-22-20-8-7-18(25)10-17(20)13-27-24(22)23/h2-12,25-26H,13H2,1H3. The molecule has 0 spiro atoms. The van der Waals surface area contributed by atoms with Crippen molar-refractivity contribution in [1.82, 2.24) is 0 Å². The molecule has 132 valence electrons. The third-order valence-corrected chi connectivity index (χ3v) is 5.14. The summed E-state index contributed by atoms with van der Waals surface area (Å²) in [4.78, 5) is 0. The molecule has 0 aromatic heterocycles. The van der Waals surface area contributed by atoms with Crippen molar-refractivity contribution < 1.29 is 14.9 Å². The molecular formula is C24H18O3. The summed E-state index contributed by atoms with van der Waals surface area (Å²) in [6.07, 6.45) is 0. The average molecular weight is 354 g/mol. The Kier molecular flexibility index (Phi) is 3.37. The highest BCUT2D eigenvalue weighted by Gasteiger charge is 2.24. The molecule has 0 bridgehead atoms. The van der Waals surface area contributed by atoms with E-state index in [0.29, 0.717) is 6.61 Å². The molecule has 5 rings (SSSR count). The van der Waals surface area contributed by atoms with Crippen LogP contribution in [0.25, 0.3) is 33.0 Å². The Morgan fingerprint density at radius 3 is 2.48 bits per heavy atom. The van der Waals surface area contributed by atoms with Crippen LogP contribution in [0.1, 0.15) is 11.1 Å². The molecule has 1 aliphatic heterocycles. The van der Waals surface area contributed by atoms with Gasteiger partial charge in [0.1, 0.15) is 23.9 Å². The first-order valence-electron chi connectivity index (χ1n) is 8.92. The number of fused-ring (bicyclic) bond motifs is 4. The lowest BCUT2D eigenvalue weighted by molar-refractivity contribution is 0.303. The van der Waals surface area contributed by atoms with Gasteiger partial charge in [0.25, 0.3) is 0 Å². The Hall–Kier alpha value is -3.46. The molecule has 0 radical (unpaired) electrons. The van der Waals surface area contributed by atoms with Gasteiger partial charge in [-0.25, -0.2) is 0 Å². The molecule has 0 saturated carbocycles. The quantitative estimate of drug-likeness (QED) is 0.455. The predicted molar refractivity (Wildman–Crippen MR) is 107 cm³/mol. The Morgan fingerprint density at radius 2 is 1.63 bits per heavy atom. The molecule has 0 fully saturated rings. The Morgan fingerprint density at radius 1 is 0.815 bits per heavy atom. The van der Waals surface area contributed by atoms with Crippen molar-refractivity contribution in [2.75, 3.05) is 0 Å². The van der Waals surface area contributed by atoms with Gasteiger partial charge in [-0.2, -0.15) is 0 Å². The fourth-order valence-corrected chi connectivity index (χ4v) is 3.91. The number of aromatic hydroxyl groups is 2. The number of ether oxygens (including phenoxy) is 1. The second-order valence-corrected chi connectivity index (χ2v) is 7.03. The van der Waals surface area contributed by atoms with Crippen LogP contribution in [0, 0.1) is 6.92 Å². The van der Waals surface area contributed by atoms with Crippen LogP contribution < -0.4 is 4.74 Å². The molecule has 27 heavy (non-hydrogen) atoms. The molecule has 2 N–H and O–H groups in total. The van der Waals surface area contributed by atoms with Gasteiger partial charge >= 0.3 is 0 Å². The summed E-state index contributed by atoms with van der Waals surface area (Å²) >= 11 is 0. The lowest BCUT2D eigenvalue weighted by Gasteiger charge is -2.25. The summed E-state index contributed by atoms with van der Waals surface area (Å²) in [7, 11) is 0. The average Bonchev–Trinajstić information content (AvgIpc) is 2.66. The maximum absolute atomic E-state index is 10.1. The molecule has 4 aromatic rings. The second-order valence-electron chi connectivity index (χ2n) is 7.03. The summed E-state index contributed by atoms with van der Waals surface area (Å²) in [6, 6.07) is 21.2. The molecule has 4 aromatic carbocycles. The van der Waals surface area contributed by atoms with Gasteiger partial charge in [0.2, 0.25) is 0 Å². The van der Waals surface area contributed by atoms with E-state index in [1.807, 2.05) is 18.2 Å². The lowest BCUT2D eigenvalue weighted by Crippen LogP contribution is -2.07. The van der Waals surface area contributed by atoms with E-state index in [4.69, 9.17) is 4.74 Å². The van der Waals surface area contributed by atoms with E-state index in [1.54, 1.807) is 24.3 Å². The van der Waals surface area contributed by atoms with Gasteiger partial charge in [0.05, 0.1) is 0 Å². The van der Waals surface area contributed by atoms with E-state index in [1.165, 1.54) is 5.56 Å². The number of benzene rings is 4. The molecule has 3 nitrogen and oxygen atoms in total. The molecule has 1 aliphatic rings. The lowest BCUT2D eigenvalue weighted by atomic mass is 9.88. The molecule has 0 amide bonds. The molecular weight excluding hydrogens is 336 g/mol. The third-order valence-electron chi connectivity index (χ3n) is 5.14. The molecule has 3 heteroatoms. The zero-order valence-electron chi connectivity index (χ0n) is 14.9. The smallest absolute Gasteiger partial charge is 0.136 e. The first-order valence-corrected chi connectivity index (χ1v) is 8.92. The van der Waals surface area contributed by atoms with Crippen molar-refractivity contribution in [3.8, 4) is 39.5 Å². The number of rotatable bonds is 1. The molecule has 0 unspecified atom stereocenters. The molecule has 1 heterocycles. The van der Waals surface area contributed by atoms with Crippen LogP contribution >= 0.6 is 0 Å². The fourth-order valence-electron chi connectivity index (χ4n) is 3.91. The summed E-state index contributed by atoms with van der Waals surface area (Å²) in [6.45, 7) is 2.47. The SMILES string of the molecule is Cc1cccc(-c2c3c(cc4ccc(O)cc24)-c2ccc(O)cc2CO3)c1. The molecule has 0 aliphatic carbocycles. The van der Waals surface area contributed by atoms with Crippen molar-refractivity contribution in [1.29, 1.82) is 0 Å². The van der Waals surface area contributed by atoms with Gasteiger partial charge in [-0.05, 0) is 59.2 Å². The normalized spacial score (nSPS) is 12.3. The first-order chi connectivity index (χ1) is 13.1. The zero-order valence-corrected chi connectivity index (χ0v) is 14.9.